The van der Waals surface area contributed by atoms with Gasteiger partial charge in [0.25, 0.3) is 0 Å². The molecule has 2 heterocycles. The van der Waals surface area contributed by atoms with Crippen molar-refractivity contribution in [2.45, 2.75) is 54.9 Å². The summed E-state index contributed by atoms with van der Waals surface area (Å²) >= 11 is 7.02. The van der Waals surface area contributed by atoms with Crippen molar-refractivity contribution in [2.24, 2.45) is 0 Å². The second kappa shape index (κ2) is 14.3. The average Bonchev–Trinajstić information content (AvgIpc) is 3.55. The van der Waals surface area contributed by atoms with Crippen LogP contribution in [0.25, 0.3) is 10.9 Å². The van der Waals surface area contributed by atoms with E-state index >= 15 is 0 Å². The minimum Gasteiger partial charge on any atom is -0.496 e. The van der Waals surface area contributed by atoms with Gasteiger partial charge in [0, 0.05) is 6.42 Å². The number of thiophene rings is 1. The van der Waals surface area contributed by atoms with Crippen LogP contribution in [0.1, 0.15) is 37.1 Å². The highest BCUT2D eigenvalue weighted by molar-refractivity contribution is 7.92. The first-order chi connectivity index (χ1) is 20.9. The van der Waals surface area contributed by atoms with Crippen molar-refractivity contribution in [3.05, 3.63) is 75.8 Å². The summed E-state index contributed by atoms with van der Waals surface area (Å²) in [5, 5.41) is 12.5. The minimum absolute atomic E-state index is 0.191. The zero-order valence-electron chi connectivity index (χ0n) is 25.2. The molecule has 2 aromatic carbocycles. The maximum Gasteiger partial charge on any atom is 0.490 e. The molecule has 1 N–H and O–H groups in total. The Morgan fingerprint density at radius 2 is 1.69 bits per heavy atom. The van der Waals surface area contributed by atoms with Crippen LogP contribution < -0.4 is 4.74 Å². The molecule has 0 bridgehead atoms. The number of carbonyl (C=O) groups excluding carboxylic acids is 1. The highest BCUT2D eigenvalue weighted by Gasteiger charge is 2.38. The summed E-state index contributed by atoms with van der Waals surface area (Å²) < 4.78 is 66.0. The van der Waals surface area contributed by atoms with Gasteiger partial charge < -0.3 is 9.84 Å². The third-order valence-electron chi connectivity index (χ3n) is 7.22. The smallest absolute Gasteiger partial charge is 0.490 e. The zero-order valence-corrected chi connectivity index (χ0v) is 27.6. The molecule has 15 heteroatoms. The fraction of sp³-hybridized carbons (Fsp3) is 0.367. The van der Waals surface area contributed by atoms with E-state index in [0.29, 0.717) is 40.6 Å². The first kappa shape index (κ1) is 36.0. The number of ketones is 1. The van der Waals surface area contributed by atoms with Crippen molar-refractivity contribution in [3.8, 4) is 5.75 Å². The molecule has 0 aliphatic heterocycles. The molecule has 9 nitrogen and oxygen atoms in total. The normalized spacial score (nSPS) is 12.2. The molecule has 0 radical (unpaired) electrons. The number of aromatic nitrogens is 2. The topological polar surface area (TPSA) is 119 Å². The average molecular weight is 688 g/mol. The third kappa shape index (κ3) is 9.06. The largest absolute Gasteiger partial charge is 0.496 e. The second-order valence-corrected chi connectivity index (χ2v) is 14.7. The number of alkyl halides is 3. The molecule has 0 spiro atoms. The van der Waals surface area contributed by atoms with Gasteiger partial charge in [-0.05, 0) is 69.8 Å². The van der Waals surface area contributed by atoms with E-state index in [-0.39, 0.29) is 15.7 Å². The van der Waals surface area contributed by atoms with Crippen LogP contribution in [-0.4, -0.2) is 72.9 Å². The molecule has 45 heavy (non-hydrogen) atoms. The SMILES string of the molecule is COc1cccc2c1c(CS(=O)(=O)c1ccc(Cl)s1)nn2Cc1cccc(CCC(=O)C(C)(C)N(C)C)c1.O=C(O)C(F)(F)F. The maximum absolute atomic E-state index is 13.1. The van der Waals surface area contributed by atoms with Gasteiger partial charge in [-0.1, -0.05) is 41.9 Å². The molecule has 4 rings (SSSR count). The molecule has 0 saturated carbocycles. The Balaban J connectivity index is 0.000000707. The standard InChI is InChI=1S/C28H32ClN3O4S2.C2HF3O2/c1-28(2,31(3)4)24(33)13-12-19-8-6-9-20(16-19)17-32-22-10-7-11-23(36-5)27(22)21(30-32)18-38(34,35)26-15-14-25(29)37-26;3-2(4,5)1(6)7/h6-11,14-16H,12-13,17-18H2,1-5H3;(H,6,7). The van der Waals surface area contributed by atoms with E-state index in [1.54, 1.807) is 19.2 Å². The number of carbonyl (C=O) groups is 2. The van der Waals surface area contributed by atoms with Gasteiger partial charge in [0.15, 0.2) is 15.6 Å². The monoisotopic (exact) mass is 687 g/mol. The molecule has 244 valence electrons. The van der Waals surface area contributed by atoms with Gasteiger partial charge in [-0.3, -0.25) is 14.4 Å². The summed E-state index contributed by atoms with van der Waals surface area (Å²) in [4.78, 5) is 23.6. The van der Waals surface area contributed by atoms with Crippen LogP contribution >= 0.6 is 22.9 Å². The lowest BCUT2D eigenvalue weighted by atomic mass is 9.92. The van der Waals surface area contributed by atoms with Crippen molar-refractivity contribution in [3.63, 3.8) is 0 Å². The number of ether oxygens (including phenoxy) is 1. The number of aliphatic carboxylic acids is 1. The van der Waals surface area contributed by atoms with Crippen LogP contribution in [0.15, 0.2) is 58.8 Å². The van der Waals surface area contributed by atoms with Crippen molar-refractivity contribution >= 4 is 55.4 Å². The lowest BCUT2D eigenvalue weighted by Crippen LogP contribution is -2.45. The van der Waals surface area contributed by atoms with Gasteiger partial charge in [-0.25, -0.2) is 13.2 Å². The number of rotatable bonds is 11. The van der Waals surface area contributed by atoms with Crippen LogP contribution in [0, 0.1) is 0 Å². The summed E-state index contributed by atoms with van der Waals surface area (Å²) in [6.07, 6.45) is -3.99. The molecule has 4 aromatic rings. The third-order valence-corrected chi connectivity index (χ3v) is 10.7. The van der Waals surface area contributed by atoms with Gasteiger partial charge in [0.2, 0.25) is 0 Å². The van der Waals surface area contributed by atoms with E-state index in [1.165, 1.54) is 6.07 Å². The number of aryl methyl sites for hydroxylation is 1. The van der Waals surface area contributed by atoms with Gasteiger partial charge in [0.05, 0.1) is 40.1 Å². The quantitative estimate of drug-likeness (QED) is 0.196. The van der Waals surface area contributed by atoms with E-state index in [1.807, 2.05) is 67.9 Å². The molecule has 0 unspecified atom stereocenters. The van der Waals surface area contributed by atoms with Gasteiger partial charge in [0.1, 0.15) is 15.7 Å². The number of halogens is 4. The Morgan fingerprint density at radius 3 is 2.24 bits per heavy atom. The van der Waals surface area contributed by atoms with Crippen molar-refractivity contribution < 1.29 is 41.0 Å². The van der Waals surface area contributed by atoms with Crippen LogP contribution in [0.2, 0.25) is 4.34 Å². The number of fused-ring (bicyclic) bond motifs is 1. The Morgan fingerprint density at radius 1 is 1.07 bits per heavy atom. The van der Waals surface area contributed by atoms with E-state index in [9.17, 15) is 26.4 Å². The van der Waals surface area contributed by atoms with Gasteiger partial charge in [-0.15, -0.1) is 11.3 Å². The Bertz CT molecular complexity index is 1780. The molecule has 0 amide bonds. The van der Waals surface area contributed by atoms with E-state index < -0.39 is 27.5 Å². The summed E-state index contributed by atoms with van der Waals surface area (Å²) in [5.74, 6) is -2.26. The van der Waals surface area contributed by atoms with Crippen molar-refractivity contribution in [1.82, 2.24) is 14.7 Å². The number of hydrogen-bond donors (Lipinski definition) is 1. The Kier molecular flexibility index (Phi) is 11.5. The van der Waals surface area contributed by atoms with E-state index in [0.717, 1.165) is 28.0 Å². The van der Waals surface area contributed by atoms with Gasteiger partial charge in [-0.2, -0.15) is 18.3 Å². The molecule has 0 aliphatic carbocycles. The molecular weight excluding hydrogens is 655 g/mol. The maximum atomic E-state index is 13.1. The summed E-state index contributed by atoms with van der Waals surface area (Å²) in [7, 11) is 1.75. The number of carboxylic acid groups (broad SMARTS) is 1. The van der Waals surface area contributed by atoms with E-state index in [4.69, 9.17) is 31.3 Å². The highest BCUT2D eigenvalue weighted by atomic mass is 35.5. The van der Waals surface area contributed by atoms with Crippen molar-refractivity contribution in [1.29, 1.82) is 0 Å². The first-order valence-electron chi connectivity index (χ1n) is 13.5. The first-order valence-corrected chi connectivity index (χ1v) is 16.3. The number of Topliss-reactive ketones (excluding diaryl/α,β-unsaturated/α-hetero) is 1. The summed E-state index contributed by atoms with van der Waals surface area (Å²) in [5.41, 5.74) is 2.77. The lowest BCUT2D eigenvalue weighted by Gasteiger charge is -2.30. The predicted molar refractivity (Wildman–Crippen MR) is 167 cm³/mol. The number of carboxylic acids is 1. The van der Waals surface area contributed by atoms with Crippen LogP contribution in [0.3, 0.4) is 0 Å². The highest BCUT2D eigenvalue weighted by Crippen LogP contribution is 2.33. The number of methoxy groups -OCH3 is 1. The molecule has 0 saturated heterocycles. The fourth-order valence-electron chi connectivity index (χ4n) is 4.25. The molecule has 2 aromatic heterocycles. The second-order valence-electron chi connectivity index (χ2n) is 10.8. The number of benzene rings is 2. The minimum atomic E-state index is -5.08. The molecular formula is C30H33ClF3N3O6S2. The molecule has 0 atom stereocenters. The predicted octanol–water partition coefficient (Wildman–Crippen LogP) is 6.26. The molecule has 0 fully saturated rings. The van der Waals surface area contributed by atoms with Gasteiger partial charge >= 0.3 is 12.1 Å². The summed E-state index contributed by atoms with van der Waals surface area (Å²) in [6.45, 7) is 4.32. The number of sulfone groups is 1. The van der Waals surface area contributed by atoms with Crippen molar-refractivity contribution in [2.75, 3.05) is 21.2 Å². The number of hydrogen-bond acceptors (Lipinski definition) is 8. The zero-order chi connectivity index (χ0) is 33.7. The number of likely N-dealkylation sites (N-methyl/N-ethyl adjacent to an activating group) is 1. The number of nitrogens with zero attached hydrogens (tertiary/aromatic N) is 3. The summed E-state index contributed by atoms with van der Waals surface area (Å²) in [6, 6.07) is 16.8. The van der Waals surface area contributed by atoms with Crippen LogP contribution in [0.4, 0.5) is 13.2 Å². The Labute approximate surface area is 268 Å². The van der Waals surface area contributed by atoms with Crippen LogP contribution in [0.5, 0.6) is 5.75 Å². The Hall–Kier alpha value is -3.46. The lowest BCUT2D eigenvalue weighted by molar-refractivity contribution is -0.192. The van der Waals surface area contributed by atoms with E-state index in [2.05, 4.69) is 6.07 Å². The fourth-order valence-corrected chi connectivity index (χ4v) is 7.10. The molecule has 0 aliphatic rings. The van der Waals surface area contributed by atoms with Crippen LogP contribution in [-0.2, 0) is 38.1 Å².